The maximum atomic E-state index is 13.0. The molecule has 7 nitrogen and oxygen atoms in total. The Hall–Kier alpha value is -3.88. The average Bonchev–Trinajstić information content (AvgIpc) is 3.47. The molecule has 182 valence electrons. The number of rotatable bonds is 7. The van der Waals surface area contributed by atoms with E-state index in [-0.39, 0.29) is 24.0 Å². The van der Waals surface area contributed by atoms with Crippen molar-refractivity contribution in [2.24, 2.45) is 0 Å². The summed E-state index contributed by atoms with van der Waals surface area (Å²) in [4.78, 5) is 25.8. The molecule has 0 saturated carbocycles. The fourth-order valence-corrected chi connectivity index (χ4v) is 4.67. The van der Waals surface area contributed by atoms with Crippen LogP contribution in [0, 0.1) is 0 Å². The highest BCUT2D eigenvalue weighted by atomic mass is 79.9. The van der Waals surface area contributed by atoms with E-state index in [2.05, 4.69) is 21.2 Å². The van der Waals surface area contributed by atoms with Crippen LogP contribution in [-0.2, 0) is 9.53 Å². The van der Waals surface area contributed by atoms with Gasteiger partial charge in [-0.05, 0) is 62.4 Å². The number of hydrogen-bond donors (Lipinski definition) is 2. The first kappa shape index (κ1) is 23.8. The van der Waals surface area contributed by atoms with Crippen LogP contribution in [0.25, 0.3) is 11.1 Å². The lowest BCUT2D eigenvalue weighted by Gasteiger charge is -2.22. The fraction of sp³-hybridized carbons (Fsp3) is 0.143. The van der Waals surface area contributed by atoms with Gasteiger partial charge in [0, 0.05) is 5.92 Å². The van der Waals surface area contributed by atoms with Gasteiger partial charge in [0.05, 0.1) is 0 Å². The number of fused-ring (bicyclic) bond motifs is 3. The van der Waals surface area contributed by atoms with Crippen molar-refractivity contribution in [2.75, 3.05) is 6.61 Å². The van der Waals surface area contributed by atoms with E-state index in [1.165, 1.54) is 6.07 Å². The van der Waals surface area contributed by atoms with E-state index < -0.39 is 24.2 Å². The van der Waals surface area contributed by atoms with Crippen molar-refractivity contribution in [3.8, 4) is 16.9 Å². The fourth-order valence-electron chi connectivity index (χ4n) is 4.35. The van der Waals surface area contributed by atoms with Gasteiger partial charge in [-0.15, -0.1) is 0 Å². The van der Waals surface area contributed by atoms with Crippen LogP contribution >= 0.6 is 15.9 Å². The number of halogens is 1. The van der Waals surface area contributed by atoms with Gasteiger partial charge in [-0.2, -0.15) is 0 Å². The number of esters is 1. The smallest absolute Gasteiger partial charge is 0.407 e. The van der Waals surface area contributed by atoms with Crippen LogP contribution in [0.1, 0.15) is 28.9 Å². The van der Waals surface area contributed by atoms with Crippen LogP contribution < -0.4 is 10.1 Å². The second-order valence-electron chi connectivity index (χ2n) is 8.27. The number of furan rings is 1. The third-order valence-electron chi connectivity index (χ3n) is 6.03. The zero-order valence-corrected chi connectivity index (χ0v) is 20.6. The van der Waals surface area contributed by atoms with Crippen LogP contribution in [0.3, 0.4) is 0 Å². The van der Waals surface area contributed by atoms with Crippen molar-refractivity contribution in [1.82, 2.24) is 5.32 Å². The van der Waals surface area contributed by atoms with E-state index in [1.807, 2.05) is 48.5 Å². The van der Waals surface area contributed by atoms with Gasteiger partial charge in [0.25, 0.3) is 0 Å². The highest BCUT2D eigenvalue weighted by Gasteiger charge is 2.35. The minimum absolute atomic E-state index is 0.0582. The third-order valence-corrected chi connectivity index (χ3v) is 6.46. The summed E-state index contributed by atoms with van der Waals surface area (Å²) in [5, 5.41) is 13.3. The molecular formula is C28H22BrNO6. The van der Waals surface area contributed by atoms with E-state index in [4.69, 9.17) is 13.9 Å². The van der Waals surface area contributed by atoms with Crippen LogP contribution in [0.2, 0.25) is 0 Å². The quantitative estimate of drug-likeness (QED) is 0.231. The van der Waals surface area contributed by atoms with Crippen molar-refractivity contribution >= 4 is 28.0 Å². The lowest BCUT2D eigenvalue weighted by Crippen LogP contribution is -2.47. The first-order valence-electron chi connectivity index (χ1n) is 11.3. The molecule has 36 heavy (non-hydrogen) atoms. The second-order valence-corrected chi connectivity index (χ2v) is 9.05. The Morgan fingerprint density at radius 3 is 2.11 bits per heavy atom. The van der Waals surface area contributed by atoms with Gasteiger partial charge < -0.3 is 24.3 Å². The molecular weight excluding hydrogens is 526 g/mol. The molecule has 5 rings (SSSR count). The number of aliphatic hydroxyl groups excluding tert-OH is 1. The van der Waals surface area contributed by atoms with Gasteiger partial charge in [-0.25, -0.2) is 9.59 Å². The maximum absolute atomic E-state index is 13.0. The summed E-state index contributed by atoms with van der Waals surface area (Å²) in [7, 11) is 0. The Morgan fingerprint density at radius 2 is 1.50 bits per heavy atom. The van der Waals surface area contributed by atoms with Crippen molar-refractivity contribution in [2.45, 2.75) is 18.1 Å². The van der Waals surface area contributed by atoms with Crippen molar-refractivity contribution in [3.63, 3.8) is 0 Å². The van der Waals surface area contributed by atoms with Gasteiger partial charge >= 0.3 is 12.1 Å². The summed E-state index contributed by atoms with van der Waals surface area (Å²) in [6, 6.07) is 25.9. The number of ether oxygens (including phenoxy) is 2. The number of benzene rings is 3. The maximum Gasteiger partial charge on any atom is 0.407 e. The molecule has 0 bridgehead atoms. The highest BCUT2D eigenvalue weighted by Crippen LogP contribution is 2.44. The molecule has 0 spiro atoms. The lowest BCUT2D eigenvalue weighted by molar-refractivity contribution is -0.140. The third kappa shape index (κ3) is 4.91. The number of para-hydroxylation sites is 1. The SMILES string of the molecule is O=C(N[C@@H](C(=O)Oc1ccccc1)[C@H](O)c1ccc(Br)o1)OCC1c2ccccc2-c2ccccc21. The standard InChI is InChI=1S/C28H22BrNO6/c29-24-15-14-23(36-24)26(31)25(27(32)35-17-8-2-1-3-9-17)30-28(33)34-16-22-20-12-6-4-10-18(20)19-11-5-7-13-21(19)22/h1-15,22,25-26,31H,16H2,(H,30,33)/t25-,26-/m1/s1. The zero-order valence-electron chi connectivity index (χ0n) is 19.0. The summed E-state index contributed by atoms with van der Waals surface area (Å²) in [5.41, 5.74) is 4.33. The molecule has 8 heteroatoms. The largest absolute Gasteiger partial charge is 0.452 e. The topological polar surface area (TPSA) is 98.0 Å². The molecule has 1 aromatic heterocycles. The molecule has 2 atom stereocenters. The van der Waals surface area contributed by atoms with Crippen molar-refractivity contribution in [3.05, 3.63) is 113 Å². The molecule has 1 aliphatic rings. The summed E-state index contributed by atoms with van der Waals surface area (Å²) in [6.45, 7) is 0.0582. The molecule has 3 aromatic carbocycles. The lowest BCUT2D eigenvalue weighted by atomic mass is 9.98. The molecule has 0 saturated heterocycles. The predicted molar refractivity (Wildman–Crippen MR) is 135 cm³/mol. The second kappa shape index (κ2) is 10.4. The van der Waals surface area contributed by atoms with E-state index in [0.717, 1.165) is 22.3 Å². The number of nitrogens with one attached hydrogen (secondary N) is 1. The Labute approximate surface area is 215 Å². The van der Waals surface area contributed by atoms with Crippen LogP contribution in [0.5, 0.6) is 5.75 Å². The predicted octanol–water partition coefficient (Wildman–Crippen LogP) is 5.59. The van der Waals surface area contributed by atoms with Gasteiger partial charge in [0.2, 0.25) is 0 Å². The van der Waals surface area contributed by atoms with Gasteiger partial charge in [0.15, 0.2) is 10.7 Å². The molecule has 1 aliphatic carbocycles. The minimum Gasteiger partial charge on any atom is -0.452 e. The van der Waals surface area contributed by atoms with Crippen molar-refractivity contribution in [1.29, 1.82) is 0 Å². The monoisotopic (exact) mass is 547 g/mol. The Balaban J connectivity index is 1.32. The van der Waals surface area contributed by atoms with E-state index in [9.17, 15) is 14.7 Å². The first-order chi connectivity index (χ1) is 17.5. The summed E-state index contributed by atoms with van der Waals surface area (Å²) in [5.74, 6) is -0.663. The number of amides is 1. The number of hydrogen-bond acceptors (Lipinski definition) is 6. The molecule has 4 aromatic rings. The Kier molecular flexibility index (Phi) is 6.88. The molecule has 1 amide bonds. The normalized spacial score (nSPS) is 13.8. The first-order valence-corrected chi connectivity index (χ1v) is 12.1. The zero-order chi connectivity index (χ0) is 25.1. The molecule has 1 heterocycles. The van der Waals surface area contributed by atoms with Crippen molar-refractivity contribution < 1.29 is 28.6 Å². The molecule has 0 fully saturated rings. The van der Waals surface area contributed by atoms with Crippen LogP contribution in [-0.4, -0.2) is 29.8 Å². The molecule has 0 aliphatic heterocycles. The highest BCUT2D eigenvalue weighted by molar-refractivity contribution is 9.10. The summed E-state index contributed by atoms with van der Waals surface area (Å²) >= 11 is 3.17. The van der Waals surface area contributed by atoms with Crippen LogP contribution in [0.15, 0.2) is 100 Å². The van der Waals surface area contributed by atoms with E-state index in [0.29, 0.717) is 4.67 Å². The van der Waals surface area contributed by atoms with Gasteiger partial charge in [-0.3, -0.25) is 0 Å². The van der Waals surface area contributed by atoms with Crippen LogP contribution in [0.4, 0.5) is 4.79 Å². The average molecular weight is 548 g/mol. The Morgan fingerprint density at radius 1 is 0.889 bits per heavy atom. The number of aliphatic hydroxyl groups is 1. The molecule has 0 unspecified atom stereocenters. The molecule has 0 radical (unpaired) electrons. The van der Waals surface area contributed by atoms with E-state index >= 15 is 0 Å². The number of alkyl carbamates (subject to hydrolysis) is 1. The number of carbonyl (C=O) groups is 2. The summed E-state index contributed by atoms with van der Waals surface area (Å²) in [6.07, 6.45) is -2.37. The van der Waals surface area contributed by atoms with E-state index in [1.54, 1.807) is 36.4 Å². The minimum atomic E-state index is -1.51. The molecule has 2 N–H and O–H groups in total. The Bertz CT molecular complexity index is 1340. The van der Waals surface area contributed by atoms with Gasteiger partial charge in [0.1, 0.15) is 24.2 Å². The summed E-state index contributed by atoms with van der Waals surface area (Å²) < 4.78 is 16.7. The number of carbonyl (C=O) groups excluding carboxylic acids is 2. The van der Waals surface area contributed by atoms with Gasteiger partial charge in [-0.1, -0.05) is 66.7 Å².